The number of amides is 1. The monoisotopic (exact) mass is 227 g/mol. The van der Waals surface area contributed by atoms with Gasteiger partial charge in [0.2, 0.25) is 5.91 Å². The molecule has 0 fully saturated rings. The van der Waals surface area contributed by atoms with Crippen LogP contribution in [0.1, 0.15) is 16.8 Å². The molecule has 0 saturated carbocycles. The van der Waals surface area contributed by atoms with Gasteiger partial charge >= 0.3 is 5.97 Å². The second kappa shape index (κ2) is 5.36. The van der Waals surface area contributed by atoms with Gasteiger partial charge in [-0.25, -0.2) is 4.79 Å². The lowest BCUT2D eigenvalue weighted by Crippen LogP contribution is -2.12. The van der Waals surface area contributed by atoms with E-state index in [1.165, 1.54) is 12.1 Å². The van der Waals surface area contributed by atoms with Gasteiger partial charge in [-0.05, 0) is 18.2 Å². The average molecular weight is 228 g/mol. The summed E-state index contributed by atoms with van der Waals surface area (Å²) in [6, 6.07) is 6.05. The molecule has 0 saturated heterocycles. The zero-order valence-electron chi connectivity index (χ0n) is 7.87. The molecule has 15 heavy (non-hydrogen) atoms. The maximum Gasteiger partial charge on any atom is 0.335 e. The van der Waals surface area contributed by atoms with E-state index in [9.17, 15) is 9.59 Å². The molecule has 0 atom stereocenters. The van der Waals surface area contributed by atoms with Crippen LogP contribution >= 0.6 is 11.6 Å². The topological polar surface area (TPSA) is 66.4 Å². The molecule has 0 unspecified atom stereocenters. The van der Waals surface area contributed by atoms with Crippen LogP contribution in [-0.4, -0.2) is 22.9 Å². The zero-order valence-corrected chi connectivity index (χ0v) is 8.62. The van der Waals surface area contributed by atoms with Crippen LogP contribution in [0.5, 0.6) is 0 Å². The van der Waals surface area contributed by atoms with Crippen molar-refractivity contribution >= 4 is 29.2 Å². The standard InChI is InChI=1S/C10H10ClNO3/c11-5-4-9(13)12-8-3-1-2-7(6-8)10(14)15/h1-3,6H,4-5H2,(H,12,13)(H,14,15). The van der Waals surface area contributed by atoms with Crippen LogP contribution in [0.3, 0.4) is 0 Å². The molecular weight excluding hydrogens is 218 g/mol. The van der Waals surface area contributed by atoms with Crippen molar-refractivity contribution in [2.75, 3.05) is 11.2 Å². The lowest BCUT2D eigenvalue weighted by atomic mass is 10.2. The fourth-order valence-corrected chi connectivity index (χ4v) is 1.21. The number of halogens is 1. The maximum atomic E-state index is 11.2. The number of carbonyl (C=O) groups is 2. The lowest BCUT2D eigenvalue weighted by molar-refractivity contribution is -0.115. The van der Waals surface area contributed by atoms with Crippen molar-refractivity contribution in [1.29, 1.82) is 0 Å². The smallest absolute Gasteiger partial charge is 0.335 e. The molecule has 0 aromatic heterocycles. The minimum Gasteiger partial charge on any atom is -0.478 e. The molecule has 0 heterocycles. The lowest BCUT2D eigenvalue weighted by Gasteiger charge is -2.04. The third kappa shape index (κ3) is 3.59. The van der Waals surface area contributed by atoms with E-state index in [0.29, 0.717) is 5.69 Å². The molecular formula is C10H10ClNO3. The Labute approximate surface area is 91.9 Å². The van der Waals surface area contributed by atoms with Crippen molar-refractivity contribution in [3.8, 4) is 0 Å². The molecule has 1 amide bonds. The quantitative estimate of drug-likeness (QED) is 0.773. The van der Waals surface area contributed by atoms with Crippen LogP contribution in [0.2, 0.25) is 0 Å². The number of benzene rings is 1. The predicted octanol–water partition coefficient (Wildman–Crippen LogP) is 1.95. The third-order valence-electron chi connectivity index (χ3n) is 1.71. The van der Waals surface area contributed by atoms with E-state index >= 15 is 0 Å². The largest absolute Gasteiger partial charge is 0.478 e. The number of hydrogen-bond acceptors (Lipinski definition) is 2. The predicted molar refractivity (Wildman–Crippen MR) is 57.4 cm³/mol. The molecule has 0 aliphatic heterocycles. The number of alkyl halides is 1. The first-order chi connectivity index (χ1) is 7.13. The van der Waals surface area contributed by atoms with E-state index in [2.05, 4.69) is 5.32 Å². The fraction of sp³-hybridized carbons (Fsp3) is 0.200. The van der Waals surface area contributed by atoms with E-state index in [0.717, 1.165) is 0 Å². The Morgan fingerprint density at radius 3 is 2.73 bits per heavy atom. The van der Waals surface area contributed by atoms with Crippen LogP contribution < -0.4 is 5.32 Å². The molecule has 1 aromatic carbocycles. The van der Waals surface area contributed by atoms with Crippen molar-refractivity contribution in [2.45, 2.75) is 6.42 Å². The summed E-state index contributed by atoms with van der Waals surface area (Å²) in [5.74, 6) is -1.01. The number of rotatable bonds is 4. The Morgan fingerprint density at radius 2 is 2.13 bits per heavy atom. The van der Waals surface area contributed by atoms with Crippen LogP contribution in [0.4, 0.5) is 5.69 Å². The van der Waals surface area contributed by atoms with Crippen LogP contribution in [0, 0.1) is 0 Å². The Morgan fingerprint density at radius 1 is 1.40 bits per heavy atom. The maximum absolute atomic E-state index is 11.2. The van der Waals surface area contributed by atoms with Crippen molar-refractivity contribution in [3.05, 3.63) is 29.8 Å². The summed E-state index contributed by atoms with van der Waals surface area (Å²) in [7, 11) is 0. The van der Waals surface area contributed by atoms with Gasteiger partial charge in [0.15, 0.2) is 0 Å². The fourth-order valence-electron chi connectivity index (χ4n) is 1.04. The Hall–Kier alpha value is -1.55. The molecule has 0 bridgehead atoms. The minimum absolute atomic E-state index is 0.138. The van der Waals surface area contributed by atoms with Gasteiger partial charge in [-0.15, -0.1) is 11.6 Å². The first-order valence-electron chi connectivity index (χ1n) is 4.32. The van der Waals surface area contributed by atoms with Gasteiger partial charge in [-0.1, -0.05) is 6.07 Å². The molecule has 1 rings (SSSR count). The van der Waals surface area contributed by atoms with E-state index in [1.807, 2.05) is 0 Å². The van der Waals surface area contributed by atoms with Gasteiger partial charge in [-0.3, -0.25) is 4.79 Å². The third-order valence-corrected chi connectivity index (χ3v) is 1.90. The summed E-state index contributed by atoms with van der Waals surface area (Å²) in [4.78, 5) is 21.8. The zero-order chi connectivity index (χ0) is 11.3. The summed E-state index contributed by atoms with van der Waals surface area (Å²) in [6.07, 6.45) is 0.207. The highest BCUT2D eigenvalue weighted by Crippen LogP contribution is 2.10. The molecule has 1 aromatic rings. The number of carbonyl (C=O) groups excluding carboxylic acids is 1. The van der Waals surface area contributed by atoms with Gasteiger partial charge in [0.1, 0.15) is 0 Å². The molecule has 0 spiro atoms. The number of carboxylic acids is 1. The van der Waals surface area contributed by atoms with Crippen molar-refractivity contribution < 1.29 is 14.7 Å². The highest BCUT2D eigenvalue weighted by molar-refractivity contribution is 6.19. The van der Waals surface area contributed by atoms with Crippen molar-refractivity contribution in [2.24, 2.45) is 0 Å². The molecule has 4 nitrogen and oxygen atoms in total. The first kappa shape index (κ1) is 11.5. The number of anilines is 1. The second-order valence-electron chi connectivity index (χ2n) is 2.87. The molecule has 2 N–H and O–H groups in total. The molecule has 80 valence electrons. The highest BCUT2D eigenvalue weighted by atomic mass is 35.5. The van der Waals surface area contributed by atoms with Gasteiger partial charge in [0.05, 0.1) is 5.56 Å². The minimum atomic E-state index is -1.02. The van der Waals surface area contributed by atoms with E-state index < -0.39 is 5.97 Å². The van der Waals surface area contributed by atoms with Gasteiger partial charge in [0, 0.05) is 18.0 Å². The first-order valence-corrected chi connectivity index (χ1v) is 4.86. The molecule has 0 aliphatic rings. The summed E-state index contributed by atoms with van der Waals surface area (Å²) in [5, 5.41) is 11.3. The van der Waals surface area contributed by atoms with Crippen LogP contribution in [0.15, 0.2) is 24.3 Å². The van der Waals surface area contributed by atoms with Crippen LogP contribution in [0.25, 0.3) is 0 Å². The molecule has 0 aliphatic carbocycles. The van der Waals surface area contributed by atoms with Gasteiger partial charge < -0.3 is 10.4 Å². The van der Waals surface area contributed by atoms with Crippen LogP contribution in [-0.2, 0) is 4.79 Å². The van der Waals surface area contributed by atoms with E-state index in [4.69, 9.17) is 16.7 Å². The number of carboxylic acid groups (broad SMARTS) is 1. The van der Waals surface area contributed by atoms with Crippen molar-refractivity contribution in [3.63, 3.8) is 0 Å². The summed E-state index contributed by atoms with van der Waals surface area (Å²) in [6.45, 7) is 0. The van der Waals surface area contributed by atoms with E-state index in [1.54, 1.807) is 12.1 Å². The normalized spacial score (nSPS) is 9.67. The van der Waals surface area contributed by atoms with E-state index in [-0.39, 0.29) is 23.8 Å². The van der Waals surface area contributed by atoms with Crippen molar-refractivity contribution in [1.82, 2.24) is 0 Å². The highest BCUT2D eigenvalue weighted by Gasteiger charge is 2.05. The SMILES string of the molecule is O=C(CCCl)Nc1cccc(C(=O)O)c1. The Bertz CT molecular complexity index is 379. The average Bonchev–Trinajstić information content (AvgIpc) is 2.18. The Balaban J connectivity index is 2.73. The molecule has 0 radical (unpaired) electrons. The molecule has 5 heteroatoms. The number of nitrogens with one attached hydrogen (secondary N) is 1. The Kier molecular flexibility index (Phi) is 4.12. The summed E-state index contributed by atoms with van der Waals surface area (Å²) in [5.41, 5.74) is 0.601. The van der Waals surface area contributed by atoms with Gasteiger partial charge in [-0.2, -0.15) is 0 Å². The van der Waals surface area contributed by atoms with Gasteiger partial charge in [0.25, 0.3) is 0 Å². The number of aromatic carboxylic acids is 1. The summed E-state index contributed by atoms with van der Waals surface area (Å²) < 4.78 is 0. The number of hydrogen-bond donors (Lipinski definition) is 2. The summed E-state index contributed by atoms with van der Waals surface area (Å²) >= 11 is 5.39. The second-order valence-corrected chi connectivity index (χ2v) is 3.25.